The van der Waals surface area contributed by atoms with Crippen LogP contribution in [0.2, 0.25) is 0 Å². The summed E-state index contributed by atoms with van der Waals surface area (Å²) in [5.74, 6) is -0.0684. The third kappa shape index (κ3) is 4.96. The van der Waals surface area contributed by atoms with Crippen molar-refractivity contribution >= 4 is 5.97 Å². The molecule has 1 saturated carbocycles. The number of allylic oxidation sites excluding steroid dienone is 1. The summed E-state index contributed by atoms with van der Waals surface area (Å²) in [5.41, 5.74) is 0.420. The van der Waals surface area contributed by atoms with Gasteiger partial charge in [-0.05, 0) is 59.8 Å². The standard InChI is InChI=1S/C18H32O2/c1-6-18(12-10-8-7-9-11-13-18)20-16(19)17(4,5)14-15(2)3/h14H,6-13H2,1-5H3. The molecule has 1 aliphatic rings. The minimum atomic E-state index is -0.524. The van der Waals surface area contributed by atoms with Crippen molar-refractivity contribution in [3.63, 3.8) is 0 Å². The van der Waals surface area contributed by atoms with Crippen LogP contribution in [0.3, 0.4) is 0 Å². The lowest BCUT2D eigenvalue weighted by Gasteiger charge is -2.36. The number of ether oxygens (including phenoxy) is 1. The number of esters is 1. The smallest absolute Gasteiger partial charge is 0.315 e. The zero-order valence-electron chi connectivity index (χ0n) is 14.1. The van der Waals surface area contributed by atoms with Gasteiger partial charge in [-0.3, -0.25) is 4.79 Å². The molecule has 0 unspecified atom stereocenters. The van der Waals surface area contributed by atoms with Gasteiger partial charge >= 0.3 is 5.97 Å². The average Bonchev–Trinajstić information content (AvgIpc) is 2.31. The highest BCUT2D eigenvalue weighted by atomic mass is 16.6. The Morgan fingerprint density at radius 2 is 1.60 bits per heavy atom. The van der Waals surface area contributed by atoms with Crippen molar-refractivity contribution in [2.75, 3.05) is 0 Å². The molecule has 1 rings (SSSR count). The van der Waals surface area contributed by atoms with Crippen LogP contribution in [0.15, 0.2) is 11.6 Å². The van der Waals surface area contributed by atoms with Gasteiger partial charge in [-0.2, -0.15) is 0 Å². The molecule has 0 aromatic rings. The first-order valence-corrected chi connectivity index (χ1v) is 8.21. The van der Waals surface area contributed by atoms with Gasteiger partial charge in [0.2, 0.25) is 0 Å². The number of carbonyl (C=O) groups is 1. The number of rotatable bonds is 4. The molecule has 0 radical (unpaired) electrons. The summed E-state index contributed by atoms with van der Waals surface area (Å²) in [6.07, 6.45) is 11.3. The molecular formula is C18H32O2. The minimum absolute atomic E-state index is 0.0684. The molecule has 0 bridgehead atoms. The van der Waals surface area contributed by atoms with E-state index >= 15 is 0 Å². The lowest BCUT2D eigenvalue weighted by atomic mass is 9.84. The van der Waals surface area contributed by atoms with Crippen molar-refractivity contribution in [2.24, 2.45) is 5.41 Å². The van der Waals surface area contributed by atoms with E-state index < -0.39 is 5.41 Å². The van der Waals surface area contributed by atoms with Crippen molar-refractivity contribution in [3.8, 4) is 0 Å². The fraction of sp³-hybridized carbons (Fsp3) is 0.833. The second kappa shape index (κ2) is 7.28. The third-order valence-corrected chi connectivity index (χ3v) is 4.39. The SMILES string of the molecule is CCC1(OC(=O)C(C)(C)C=C(C)C)CCCCCCC1. The van der Waals surface area contributed by atoms with E-state index in [0.29, 0.717) is 0 Å². The Morgan fingerprint density at radius 3 is 2.05 bits per heavy atom. The normalized spacial score (nSPS) is 19.6. The zero-order valence-corrected chi connectivity index (χ0v) is 14.1. The monoisotopic (exact) mass is 280 g/mol. The minimum Gasteiger partial charge on any atom is -0.458 e. The number of hydrogen-bond donors (Lipinski definition) is 0. The van der Waals surface area contributed by atoms with Crippen LogP contribution in [0.1, 0.15) is 86.0 Å². The lowest BCUT2D eigenvalue weighted by Crippen LogP contribution is -2.39. The summed E-state index contributed by atoms with van der Waals surface area (Å²) < 4.78 is 6.05. The number of hydrogen-bond acceptors (Lipinski definition) is 2. The molecular weight excluding hydrogens is 248 g/mol. The Labute approximate surface area is 125 Å². The van der Waals surface area contributed by atoms with Gasteiger partial charge in [0.1, 0.15) is 5.60 Å². The quantitative estimate of drug-likeness (QED) is 0.508. The Hall–Kier alpha value is -0.790. The van der Waals surface area contributed by atoms with Crippen molar-refractivity contribution < 1.29 is 9.53 Å². The predicted octanol–water partition coefficient (Wildman–Crippen LogP) is 5.42. The van der Waals surface area contributed by atoms with Crippen LogP contribution >= 0.6 is 0 Å². The summed E-state index contributed by atoms with van der Waals surface area (Å²) in [6, 6.07) is 0. The van der Waals surface area contributed by atoms with E-state index in [4.69, 9.17) is 4.74 Å². The molecule has 0 aliphatic heterocycles. The maximum absolute atomic E-state index is 12.6. The summed E-state index contributed by atoms with van der Waals surface area (Å²) in [6.45, 7) is 10.1. The molecule has 0 N–H and O–H groups in total. The van der Waals surface area contributed by atoms with Gasteiger partial charge in [-0.25, -0.2) is 0 Å². The van der Waals surface area contributed by atoms with Gasteiger partial charge in [-0.1, -0.05) is 37.8 Å². The Bertz CT molecular complexity index is 340. The second-order valence-corrected chi connectivity index (χ2v) is 7.14. The first-order chi connectivity index (χ1) is 9.31. The van der Waals surface area contributed by atoms with E-state index in [0.717, 1.165) is 24.8 Å². The fourth-order valence-corrected chi connectivity index (χ4v) is 3.19. The highest BCUT2D eigenvalue weighted by Crippen LogP contribution is 2.35. The summed E-state index contributed by atoms with van der Waals surface area (Å²) in [5, 5.41) is 0. The molecule has 0 amide bonds. The van der Waals surface area contributed by atoms with Gasteiger partial charge < -0.3 is 4.74 Å². The third-order valence-electron chi connectivity index (χ3n) is 4.39. The maximum Gasteiger partial charge on any atom is 0.315 e. The summed E-state index contributed by atoms with van der Waals surface area (Å²) in [7, 11) is 0. The highest BCUT2D eigenvalue weighted by molar-refractivity contribution is 5.78. The van der Waals surface area contributed by atoms with E-state index in [1.165, 1.54) is 32.1 Å². The van der Waals surface area contributed by atoms with E-state index in [2.05, 4.69) is 6.92 Å². The van der Waals surface area contributed by atoms with E-state index in [1.807, 2.05) is 33.8 Å². The van der Waals surface area contributed by atoms with Crippen LogP contribution in [0, 0.1) is 5.41 Å². The van der Waals surface area contributed by atoms with E-state index in [-0.39, 0.29) is 11.6 Å². The first-order valence-electron chi connectivity index (χ1n) is 8.21. The zero-order chi connectivity index (χ0) is 15.2. The van der Waals surface area contributed by atoms with Crippen LogP contribution in [0.5, 0.6) is 0 Å². The fourth-order valence-electron chi connectivity index (χ4n) is 3.19. The van der Waals surface area contributed by atoms with Crippen LogP contribution in [-0.2, 0) is 9.53 Å². The molecule has 1 aliphatic carbocycles. The van der Waals surface area contributed by atoms with Gasteiger partial charge in [0, 0.05) is 0 Å². The molecule has 0 aromatic heterocycles. The lowest BCUT2D eigenvalue weighted by molar-refractivity contribution is -0.170. The molecule has 0 saturated heterocycles. The van der Waals surface area contributed by atoms with Crippen LogP contribution in [0.25, 0.3) is 0 Å². The Balaban J connectivity index is 2.80. The van der Waals surface area contributed by atoms with E-state index in [1.54, 1.807) is 0 Å². The molecule has 116 valence electrons. The molecule has 2 heteroatoms. The second-order valence-electron chi connectivity index (χ2n) is 7.14. The van der Waals surface area contributed by atoms with Crippen molar-refractivity contribution in [1.82, 2.24) is 0 Å². The summed E-state index contributed by atoms with van der Waals surface area (Å²) >= 11 is 0. The van der Waals surface area contributed by atoms with Crippen molar-refractivity contribution in [2.45, 2.75) is 91.6 Å². The molecule has 0 heterocycles. The highest BCUT2D eigenvalue weighted by Gasteiger charge is 2.37. The van der Waals surface area contributed by atoms with Crippen molar-refractivity contribution in [1.29, 1.82) is 0 Å². The van der Waals surface area contributed by atoms with Gasteiger partial charge in [-0.15, -0.1) is 0 Å². The van der Waals surface area contributed by atoms with Crippen molar-refractivity contribution in [3.05, 3.63) is 11.6 Å². The van der Waals surface area contributed by atoms with E-state index in [9.17, 15) is 4.79 Å². The molecule has 0 aromatic carbocycles. The van der Waals surface area contributed by atoms with Crippen LogP contribution in [-0.4, -0.2) is 11.6 Å². The average molecular weight is 280 g/mol. The maximum atomic E-state index is 12.6. The summed E-state index contributed by atoms with van der Waals surface area (Å²) in [4.78, 5) is 12.6. The molecule has 0 spiro atoms. The largest absolute Gasteiger partial charge is 0.458 e. The van der Waals surface area contributed by atoms with Crippen LogP contribution < -0.4 is 0 Å². The van der Waals surface area contributed by atoms with Gasteiger partial charge in [0.05, 0.1) is 5.41 Å². The topological polar surface area (TPSA) is 26.3 Å². The number of carbonyl (C=O) groups excluding carboxylic acids is 1. The molecule has 20 heavy (non-hydrogen) atoms. The Kier molecular flexibility index (Phi) is 6.29. The molecule has 2 nitrogen and oxygen atoms in total. The predicted molar refractivity (Wildman–Crippen MR) is 84.6 cm³/mol. The molecule has 0 atom stereocenters. The molecule has 1 fully saturated rings. The van der Waals surface area contributed by atoms with Crippen LogP contribution in [0.4, 0.5) is 0 Å². The van der Waals surface area contributed by atoms with Gasteiger partial charge in [0.25, 0.3) is 0 Å². The first kappa shape index (κ1) is 17.3. The van der Waals surface area contributed by atoms with Gasteiger partial charge in [0.15, 0.2) is 0 Å². The Morgan fingerprint density at radius 1 is 1.10 bits per heavy atom.